The van der Waals surface area contributed by atoms with Crippen LogP contribution in [0.4, 0.5) is 11.4 Å². The molecule has 3 N–H and O–H groups in total. The molecule has 0 saturated heterocycles. The van der Waals surface area contributed by atoms with Crippen LogP contribution >= 0.6 is 15.9 Å². The fourth-order valence-electron chi connectivity index (χ4n) is 3.72. The largest absolute Gasteiger partial charge is 1.00 e. The third kappa shape index (κ3) is 5.08. The van der Waals surface area contributed by atoms with Crippen molar-refractivity contribution in [2.75, 3.05) is 50.1 Å². The van der Waals surface area contributed by atoms with E-state index in [-0.39, 0.29) is 28.5 Å². The predicted octanol–water partition coefficient (Wildman–Crippen LogP) is 0.712. The summed E-state index contributed by atoms with van der Waals surface area (Å²) in [5.41, 5.74) is 8.69. The molecule has 0 heterocycles. The molecule has 0 bridgehead atoms. The van der Waals surface area contributed by atoms with E-state index < -0.39 is 0 Å². The second-order valence-corrected chi connectivity index (χ2v) is 8.65. The van der Waals surface area contributed by atoms with Gasteiger partial charge in [0.25, 0.3) is 0 Å². The van der Waals surface area contributed by atoms with E-state index in [0.29, 0.717) is 33.6 Å². The van der Waals surface area contributed by atoms with Gasteiger partial charge in [-0.25, -0.2) is 0 Å². The van der Waals surface area contributed by atoms with Crippen molar-refractivity contribution in [2.45, 2.75) is 12.8 Å². The van der Waals surface area contributed by atoms with Gasteiger partial charge in [-0.15, -0.1) is 0 Å². The van der Waals surface area contributed by atoms with E-state index in [1.54, 1.807) is 36.4 Å². The summed E-state index contributed by atoms with van der Waals surface area (Å²) >= 11 is 3.49. The van der Waals surface area contributed by atoms with Gasteiger partial charge in [0.05, 0.1) is 38.3 Å². The van der Waals surface area contributed by atoms with Gasteiger partial charge in [-0.1, -0.05) is 40.2 Å². The smallest absolute Gasteiger partial charge is 0.196 e. The summed E-state index contributed by atoms with van der Waals surface area (Å²) in [5, 5.41) is 4.38. The van der Waals surface area contributed by atoms with E-state index in [1.807, 2.05) is 0 Å². The van der Waals surface area contributed by atoms with Gasteiger partial charge in [0, 0.05) is 47.2 Å². The van der Waals surface area contributed by atoms with E-state index >= 15 is 0 Å². The van der Waals surface area contributed by atoms with Crippen molar-refractivity contribution < 1.29 is 31.1 Å². The minimum absolute atomic E-state index is 0. The van der Waals surface area contributed by atoms with Crippen LogP contribution in [0.1, 0.15) is 44.7 Å². The van der Waals surface area contributed by atoms with Crippen molar-refractivity contribution in [3.05, 3.63) is 58.7 Å². The number of rotatable bonds is 8. The number of halogens is 2. The van der Waals surface area contributed by atoms with Gasteiger partial charge in [0.15, 0.2) is 11.6 Å². The fourth-order valence-corrected chi connectivity index (χ4v) is 3.98. The number of hydrogen-bond donors (Lipinski definition) is 2. The minimum atomic E-state index is -0.182. The molecule has 0 aromatic heterocycles. The van der Waals surface area contributed by atoms with Crippen molar-refractivity contribution in [1.82, 2.24) is 0 Å². The summed E-state index contributed by atoms with van der Waals surface area (Å²) in [6.45, 7) is 2.88. The summed E-state index contributed by atoms with van der Waals surface area (Å²) in [5.74, 6) is -0.327. The number of carbonyl (C=O) groups excluding carboxylic acids is 2. The van der Waals surface area contributed by atoms with E-state index in [0.717, 1.165) is 42.3 Å². The fraction of sp³-hybridized carbons (Fsp3) is 0.364. The van der Waals surface area contributed by atoms with Crippen LogP contribution < -0.4 is 28.0 Å². The molecular formula is C22H27Br2N3O2. The lowest BCUT2D eigenvalue weighted by molar-refractivity contribution is -0.890. The Kier molecular flexibility index (Phi) is 8.02. The van der Waals surface area contributed by atoms with Crippen LogP contribution in [0, 0.1) is 0 Å². The normalized spacial score (nSPS) is 12.8. The van der Waals surface area contributed by atoms with Crippen LogP contribution in [0.2, 0.25) is 0 Å². The molecule has 0 atom stereocenters. The summed E-state index contributed by atoms with van der Waals surface area (Å²) in [6.07, 6.45) is 2.11. The number of fused-ring (bicyclic) bond motifs is 2. The zero-order valence-corrected chi connectivity index (χ0v) is 20.0. The Morgan fingerprint density at radius 3 is 2.14 bits per heavy atom. The molecule has 1 aliphatic carbocycles. The number of ketones is 2. The molecule has 0 saturated carbocycles. The van der Waals surface area contributed by atoms with Crippen molar-refractivity contribution in [3.8, 4) is 0 Å². The zero-order valence-electron chi connectivity index (χ0n) is 16.8. The van der Waals surface area contributed by atoms with E-state index in [9.17, 15) is 9.59 Å². The number of nitrogen functional groups attached to an aromatic ring is 1. The summed E-state index contributed by atoms with van der Waals surface area (Å²) in [6, 6.07) is 10.4. The maximum absolute atomic E-state index is 13.1. The molecular weight excluding hydrogens is 498 g/mol. The third-order valence-electron chi connectivity index (χ3n) is 5.26. The number of hydrogen-bond acceptors (Lipinski definition) is 4. The third-order valence-corrected chi connectivity index (χ3v) is 5.82. The SMILES string of the molecule is C[N+](C)(CCCBr)CCCNc1ccc(N)c2c1C(=O)c1ccccc1C2=O.[Br-]. The first-order valence-corrected chi connectivity index (χ1v) is 10.7. The van der Waals surface area contributed by atoms with Crippen LogP contribution in [0.25, 0.3) is 0 Å². The molecule has 0 amide bonds. The molecule has 0 unspecified atom stereocenters. The van der Waals surface area contributed by atoms with Gasteiger partial charge in [0.1, 0.15) is 0 Å². The number of nitrogens with one attached hydrogen (secondary N) is 1. The van der Waals surface area contributed by atoms with Crippen molar-refractivity contribution in [2.24, 2.45) is 0 Å². The molecule has 0 fully saturated rings. The van der Waals surface area contributed by atoms with Crippen LogP contribution in [0.3, 0.4) is 0 Å². The van der Waals surface area contributed by atoms with Crippen LogP contribution in [0.5, 0.6) is 0 Å². The van der Waals surface area contributed by atoms with E-state index in [2.05, 4.69) is 35.3 Å². The lowest BCUT2D eigenvalue weighted by Gasteiger charge is -2.30. The van der Waals surface area contributed by atoms with Crippen molar-refractivity contribution >= 4 is 38.9 Å². The van der Waals surface area contributed by atoms with Gasteiger partial charge < -0.3 is 32.5 Å². The van der Waals surface area contributed by atoms with Crippen molar-refractivity contribution in [3.63, 3.8) is 0 Å². The van der Waals surface area contributed by atoms with Gasteiger partial charge in [0.2, 0.25) is 0 Å². The second-order valence-electron chi connectivity index (χ2n) is 7.86. The molecule has 2 aromatic rings. The first-order chi connectivity index (χ1) is 13.4. The predicted molar refractivity (Wildman–Crippen MR) is 118 cm³/mol. The van der Waals surface area contributed by atoms with Gasteiger partial charge >= 0.3 is 0 Å². The molecule has 29 heavy (non-hydrogen) atoms. The summed E-state index contributed by atoms with van der Waals surface area (Å²) < 4.78 is 0.956. The highest BCUT2D eigenvalue weighted by Gasteiger charge is 2.33. The molecule has 0 radical (unpaired) electrons. The molecule has 0 aliphatic heterocycles. The van der Waals surface area contributed by atoms with Crippen LogP contribution in [-0.2, 0) is 0 Å². The second kappa shape index (κ2) is 9.87. The number of nitrogens with zero attached hydrogens (tertiary/aromatic N) is 1. The Balaban J connectivity index is 0.00000300. The van der Waals surface area contributed by atoms with Crippen LogP contribution in [-0.4, -0.2) is 55.1 Å². The molecule has 3 rings (SSSR count). The standard InChI is InChI=1S/C22H26BrN3O2.BrH/c1-26(2,13-5-11-23)14-6-12-25-18-10-9-17(24)19-20(18)22(28)16-8-4-3-7-15(16)21(19)27;/h3-4,7-10H,5-6,11-14H2,1-2H3,(H2-,24,25,27,28);1H. The average molecular weight is 525 g/mol. The van der Waals surface area contributed by atoms with Crippen LogP contribution in [0.15, 0.2) is 36.4 Å². The highest BCUT2D eigenvalue weighted by Crippen LogP contribution is 2.35. The molecule has 156 valence electrons. The first-order valence-electron chi connectivity index (χ1n) is 9.58. The van der Waals surface area contributed by atoms with Crippen molar-refractivity contribution in [1.29, 1.82) is 0 Å². The number of benzene rings is 2. The highest BCUT2D eigenvalue weighted by molar-refractivity contribution is 9.09. The zero-order chi connectivity index (χ0) is 20.3. The topological polar surface area (TPSA) is 72.2 Å². The van der Waals surface area contributed by atoms with Gasteiger partial charge in [-0.3, -0.25) is 9.59 Å². The number of anilines is 2. The molecule has 5 nitrogen and oxygen atoms in total. The number of carbonyl (C=O) groups is 2. The maximum atomic E-state index is 13.1. The molecule has 2 aromatic carbocycles. The van der Waals surface area contributed by atoms with E-state index in [4.69, 9.17) is 5.73 Å². The average Bonchev–Trinajstić information content (AvgIpc) is 2.68. The van der Waals surface area contributed by atoms with Gasteiger partial charge in [-0.2, -0.15) is 0 Å². The lowest BCUT2D eigenvalue weighted by atomic mass is 9.82. The lowest BCUT2D eigenvalue weighted by Crippen LogP contribution is -3.00. The first kappa shape index (κ1) is 23.6. The summed E-state index contributed by atoms with van der Waals surface area (Å²) in [7, 11) is 4.46. The molecule has 7 heteroatoms. The molecule has 1 aliphatic rings. The maximum Gasteiger partial charge on any atom is 0.196 e. The number of alkyl halides is 1. The minimum Gasteiger partial charge on any atom is -1.00 e. The Morgan fingerprint density at radius 1 is 0.931 bits per heavy atom. The quantitative estimate of drug-likeness (QED) is 0.197. The van der Waals surface area contributed by atoms with E-state index in [1.165, 1.54) is 0 Å². The number of quaternary nitrogens is 1. The Labute approximate surface area is 191 Å². The van der Waals surface area contributed by atoms with Gasteiger partial charge in [-0.05, 0) is 12.1 Å². The number of nitrogens with two attached hydrogens (primary N) is 1. The Hall–Kier alpha value is -1.70. The highest BCUT2D eigenvalue weighted by atomic mass is 79.9. The monoisotopic (exact) mass is 523 g/mol. The molecule has 0 spiro atoms. The summed E-state index contributed by atoms with van der Waals surface area (Å²) in [4.78, 5) is 26.0. The Bertz CT molecular complexity index is 913. The Morgan fingerprint density at radius 2 is 1.52 bits per heavy atom.